The van der Waals surface area contributed by atoms with Gasteiger partial charge in [0.05, 0.1) is 31.5 Å². The fourth-order valence-corrected chi connectivity index (χ4v) is 4.85. The summed E-state index contributed by atoms with van der Waals surface area (Å²) in [5.41, 5.74) is 7.83. The number of ether oxygens (including phenoxy) is 3. The third-order valence-corrected chi connectivity index (χ3v) is 6.91. The van der Waals surface area contributed by atoms with E-state index in [-0.39, 0.29) is 12.2 Å². The Balaban J connectivity index is 1.43. The highest BCUT2D eigenvalue weighted by atomic mass is 35.5. The number of aliphatic hydroxyl groups is 1. The van der Waals surface area contributed by atoms with E-state index in [0.29, 0.717) is 34.4 Å². The second kappa shape index (κ2) is 13.5. The van der Waals surface area contributed by atoms with Crippen LogP contribution < -0.4 is 25.5 Å². The number of nitrogens with zero attached hydrogens (tertiary/aromatic N) is 2. The maximum atomic E-state index is 12.4. The molecule has 0 radical (unpaired) electrons. The van der Waals surface area contributed by atoms with E-state index < -0.39 is 24.3 Å². The number of nitrogens with one attached hydrogen (secondary N) is 3. The molecule has 42 heavy (non-hydrogen) atoms. The SMILES string of the molecule is CCOc1cc([C@H]2NC(=O)NC(C)=C2C(=O)OC)ccc1OC[C@@H](O)N/N=C/c1cc(C)n(-c2ccc(Cl)cc2)c1C. The van der Waals surface area contributed by atoms with E-state index in [1.165, 1.54) is 7.11 Å². The molecule has 0 fully saturated rings. The molecule has 0 spiro atoms. The van der Waals surface area contributed by atoms with Crippen LogP contribution in [0.15, 0.2) is 64.9 Å². The van der Waals surface area contributed by atoms with E-state index in [2.05, 4.69) is 25.7 Å². The van der Waals surface area contributed by atoms with Gasteiger partial charge in [-0.05, 0) is 75.7 Å². The first kappa shape index (κ1) is 30.5. The zero-order valence-corrected chi connectivity index (χ0v) is 24.8. The monoisotopic (exact) mass is 595 g/mol. The van der Waals surface area contributed by atoms with Crippen molar-refractivity contribution in [3.05, 3.63) is 87.3 Å². The molecule has 222 valence electrons. The zero-order chi connectivity index (χ0) is 30.4. The molecule has 3 aromatic rings. The van der Waals surface area contributed by atoms with Gasteiger partial charge in [-0.25, -0.2) is 9.59 Å². The van der Waals surface area contributed by atoms with E-state index in [4.69, 9.17) is 25.8 Å². The summed E-state index contributed by atoms with van der Waals surface area (Å²) in [5.74, 6) is 0.192. The van der Waals surface area contributed by atoms with Crippen molar-refractivity contribution in [3.63, 3.8) is 0 Å². The van der Waals surface area contributed by atoms with Crippen molar-refractivity contribution in [2.24, 2.45) is 5.10 Å². The summed E-state index contributed by atoms with van der Waals surface area (Å²) >= 11 is 6.03. The number of aliphatic hydroxyl groups excluding tert-OH is 1. The molecule has 12 heteroatoms. The van der Waals surface area contributed by atoms with Crippen LogP contribution in [-0.4, -0.2) is 54.4 Å². The number of carbonyl (C=O) groups is 2. The van der Waals surface area contributed by atoms with Crippen molar-refractivity contribution in [3.8, 4) is 17.2 Å². The molecule has 0 bridgehead atoms. The van der Waals surface area contributed by atoms with Gasteiger partial charge < -0.3 is 34.5 Å². The number of aryl methyl sites for hydroxylation is 1. The van der Waals surface area contributed by atoms with E-state index in [9.17, 15) is 14.7 Å². The summed E-state index contributed by atoms with van der Waals surface area (Å²) in [6.45, 7) is 7.66. The van der Waals surface area contributed by atoms with Crippen molar-refractivity contribution in [2.45, 2.75) is 40.0 Å². The van der Waals surface area contributed by atoms with Crippen molar-refractivity contribution in [1.29, 1.82) is 0 Å². The minimum absolute atomic E-state index is 0.128. The molecule has 0 saturated heterocycles. The summed E-state index contributed by atoms with van der Waals surface area (Å²) in [7, 11) is 1.28. The molecule has 0 unspecified atom stereocenters. The van der Waals surface area contributed by atoms with Gasteiger partial charge in [0.1, 0.15) is 6.61 Å². The van der Waals surface area contributed by atoms with Crippen molar-refractivity contribution >= 4 is 29.8 Å². The zero-order valence-electron chi connectivity index (χ0n) is 24.0. The van der Waals surface area contributed by atoms with E-state index in [1.54, 1.807) is 31.3 Å². The minimum Gasteiger partial charge on any atom is -0.490 e. The predicted octanol–water partition coefficient (Wildman–Crippen LogP) is 4.27. The Morgan fingerprint density at radius 2 is 1.88 bits per heavy atom. The third kappa shape index (κ3) is 6.87. The van der Waals surface area contributed by atoms with E-state index >= 15 is 0 Å². The number of hydrazone groups is 1. The first-order valence-electron chi connectivity index (χ1n) is 13.3. The van der Waals surface area contributed by atoms with Gasteiger partial charge in [-0.3, -0.25) is 5.43 Å². The lowest BCUT2D eigenvalue weighted by molar-refractivity contribution is -0.136. The number of methoxy groups -OCH3 is 1. The number of benzene rings is 2. The number of hydrogen-bond donors (Lipinski definition) is 4. The van der Waals surface area contributed by atoms with Gasteiger partial charge in [-0.15, -0.1) is 0 Å². The molecule has 0 saturated carbocycles. The van der Waals surface area contributed by atoms with E-state index in [0.717, 1.165) is 22.6 Å². The molecule has 11 nitrogen and oxygen atoms in total. The summed E-state index contributed by atoms with van der Waals surface area (Å²) in [6, 6.07) is 13.4. The molecule has 2 heterocycles. The molecule has 2 aromatic carbocycles. The van der Waals surface area contributed by atoms with Crippen LogP contribution in [0.2, 0.25) is 5.02 Å². The Labute approximate surface area is 249 Å². The molecular formula is C30H34ClN5O6. The molecular weight excluding hydrogens is 562 g/mol. The Bertz CT molecular complexity index is 1520. The van der Waals surface area contributed by atoms with Crippen LogP contribution in [0.4, 0.5) is 4.79 Å². The Morgan fingerprint density at radius 3 is 2.57 bits per heavy atom. The Kier molecular flexibility index (Phi) is 9.76. The molecule has 1 aliphatic heterocycles. The van der Waals surface area contributed by atoms with E-state index in [1.807, 2.05) is 51.1 Å². The fraction of sp³-hybridized carbons (Fsp3) is 0.300. The highest BCUT2D eigenvalue weighted by Crippen LogP contribution is 2.35. The summed E-state index contributed by atoms with van der Waals surface area (Å²) in [4.78, 5) is 24.6. The highest BCUT2D eigenvalue weighted by molar-refractivity contribution is 6.30. The standard InChI is InChI=1S/C30H34ClN5O6/c1-6-41-25-14-20(28-27(29(38)40-5)18(3)33-30(39)34-28)7-12-24(25)42-16-26(37)35-32-15-21-13-17(2)36(19(21)4)23-10-8-22(31)9-11-23/h7-15,26,28,35,37H,6,16H2,1-5H3,(H2,33,34,39)/b32-15+/t26-,28-/m1/s1. The highest BCUT2D eigenvalue weighted by Gasteiger charge is 2.32. The molecule has 2 amide bonds. The first-order valence-corrected chi connectivity index (χ1v) is 13.7. The average Bonchev–Trinajstić information content (AvgIpc) is 3.24. The van der Waals surface area contributed by atoms with Gasteiger partial charge in [0.2, 0.25) is 0 Å². The summed E-state index contributed by atoms with van der Waals surface area (Å²) in [6.07, 6.45) is 0.524. The predicted molar refractivity (Wildman–Crippen MR) is 159 cm³/mol. The van der Waals surface area contributed by atoms with Gasteiger partial charge in [-0.2, -0.15) is 5.10 Å². The number of hydrogen-bond acceptors (Lipinski definition) is 8. The van der Waals surface area contributed by atoms with Gasteiger partial charge in [-0.1, -0.05) is 17.7 Å². The molecule has 0 aliphatic carbocycles. The molecule has 4 rings (SSSR count). The number of carbonyl (C=O) groups excluding carboxylic acids is 2. The quantitative estimate of drug-likeness (QED) is 0.112. The third-order valence-electron chi connectivity index (χ3n) is 6.65. The largest absolute Gasteiger partial charge is 0.490 e. The van der Waals surface area contributed by atoms with Crippen LogP contribution in [0.25, 0.3) is 5.69 Å². The van der Waals surface area contributed by atoms with Crippen LogP contribution in [0.5, 0.6) is 11.5 Å². The summed E-state index contributed by atoms with van der Waals surface area (Å²) in [5, 5.41) is 20.7. The topological polar surface area (TPSA) is 135 Å². The van der Waals surface area contributed by atoms with Crippen molar-refractivity contribution in [1.82, 2.24) is 20.6 Å². The molecule has 1 aromatic heterocycles. The van der Waals surface area contributed by atoms with Gasteiger partial charge in [0.15, 0.2) is 17.7 Å². The number of allylic oxidation sites excluding steroid dienone is 1. The number of urea groups is 1. The minimum atomic E-state index is -1.12. The Hall–Kier alpha value is -4.48. The second-order valence-corrected chi connectivity index (χ2v) is 9.99. The van der Waals surface area contributed by atoms with Gasteiger partial charge >= 0.3 is 12.0 Å². The maximum Gasteiger partial charge on any atom is 0.337 e. The van der Waals surface area contributed by atoms with Crippen molar-refractivity contribution < 1.29 is 28.9 Å². The smallest absolute Gasteiger partial charge is 0.337 e. The van der Waals surface area contributed by atoms with Crippen LogP contribution >= 0.6 is 11.6 Å². The Morgan fingerprint density at radius 1 is 1.14 bits per heavy atom. The lowest BCUT2D eigenvalue weighted by Gasteiger charge is -2.28. The van der Waals surface area contributed by atoms with Gasteiger partial charge in [0.25, 0.3) is 0 Å². The number of rotatable bonds is 11. The molecule has 1 aliphatic rings. The lowest BCUT2D eigenvalue weighted by Crippen LogP contribution is -2.45. The fourth-order valence-electron chi connectivity index (χ4n) is 4.72. The summed E-state index contributed by atoms with van der Waals surface area (Å²) < 4.78 is 18.6. The average molecular weight is 596 g/mol. The molecule has 2 atom stereocenters. The van der Waals surface area contributed by atoms with Crippen LogP contribution in [0.1, 0.15) is 42.4 Å². The lowest BCUT2D eigenvalue weighted by atomic mass is 9.95. The van der Waals surface area contributed by atoms with Crippen molar-refractivity contribution in [2.75, 3.05) is 20.3 Å². The van der Waals surface area contributed by atoms with Crippen LogP contribution in [-0.2, 0) is 9.53 Å². The number of amides is 2. The van der Waals surface area contributed by atoms with Crippen LogP contribution in [0, 0.1) is 13.8 Å². The second-order valence-electron chi connectivity index (χ2n) is 9.55. The number of esters is 1. The normalized spacial score (nSPS) is 15.7. The first-order chi connectivity index (χ1) is 20.1. The van der Waals surface area contributed by atoms with Gasteiger partial charge in [0, 0.05) is 33.4 Å². The number of aromatic nitrogens is 1. The van der Waals surface area contributed by atoms with Crippen LogP contribution in [0.3, 0.4) is 0 Å². The number of halogens is 1. The molecule has 4 N–H and O–H groups in total. The maximum absolute atomic E-state index is 12.4.